The number of thiophene rings is 1. The molecule has 3 heterocycles. The minimum atomic E-state index is 0.00556. The van der Waals surface area contributed by atoms with Crippen molar-refractivity contribution in [1.82, 2.24) is 20.2 Å². The molecule has 1 saturated carbocycles. The van der Waals surface area contributed by atoms with Crippen molar-refractivity contribution in [3.63, 3.8) is 0 Å². The average molecular weight is 406 g/mol. The molecule has 136 valence electrons. The van der Waals surface area contributed by atoms with E-state index in [4.69, 9.17) is 4.98 Å². The van der Waals surface area contributed by atoms with Crippen molar-refractivity contribution in [2.24, 2.45) is 5.92 Å². The molecule has 1 fully saturated rings. The van der Waals surface area contributed by atoms with Crippen molar-refractivity contribution in [3.05, 3.63) is 26.6 Å². The number of anilines is 1. The third-order valence-corrected chi connectivity index (χ3v) is 8.01. The van der Waals surface area contributed by atoms with E-state index in [1.54, 1.807) is 34.4 Å². The third kappa shape index (κ3) is 3.27. The second-order valence-electron chi connectivity index (χ2n) is 7.12. The van der Waals surface area contributed by atoms with Gasteiger partial charge in [-0.2, -0.15) is 0 Å². The Morgan fingerprint density at radius 2 is 2.15 bits per heavy atom. The topological polar surface area (TPSA) is 83.6 Å². The van der Waals surface area contributed by atoms with E-state index in [-0.39, 0.29) is 5.56 Å². The second-order valence-corrected chi connectivity index (χ2v) is 10.4. The Kier molecular flexibility index (Phi) is 4.25. The van der Waals surface area contributed by atoms with Gasteiger partial charge in [0, 0.05) is 10.9 Å². The summed E-state index contributed by atoms with van der Waals surface area (Å²) in [5.41, 5.74) is 1.24. The number of aryl methyl sites for hydroxylation is 1. The van der Waals surface area contributed by atoms with E-state index in [9.17, 15) is 4.79 Å². The average Bonchev–Trinajstić information content (AvgIpc) is 3.17. The molecule has 0 aromatic carbocycles. The van der Waals surface area contributed by atoms with Gasteiger partial charge in [0.15, 0.2) is 4.34 Å². The van der Waals surface area contributed by atoms with E-state index in [1.165, 1.54) is 23.3 Å². The fourth-order valence-electron chi connectivity index (χ4n) is 3.32. The highest BCUT2D eigenvalue weighted by molar-refractivity contribution is 8.00. The molecule has 0 bridgehead atoms. The van der Waals surface area contributed by atoms with Gasteiger partial charge in [0.2, 0.25) is 5.13 Å². The summed E-state index contributed by atoms with van der Waals surface area (Å²) in [5.74, 6) is 2.01. The zero-order valence-electron chi connectivity index (χ0n) is 14.4. The maximum Gasteiger partial charge on any atom is 0.259 e. The van der Waals surface area contributed by atoms with Crippen molar-refractivity contribution < 1.29 is 0 Å². The molecular formula is C17H19N5OS3. The van der Waals surface area contributed by atoms with Gasteiger partial charge in [0.25, 0.3) is 5.56 Å². The summed E-state index contributed by atoms with van der Waals surface area (Å²) in [7, 11) is 0. The van der Waals surface area contributed by atoms with Gasteiger partial charge >= 0.3 is 0 Å². The fourth-order valence-corrected chi connectivity index (χ4v) is 6.42. The van der Waals surface area contributed by atoms with Crippen LogP contribution in [0.3, 0.4) is 0 Å². The predicted octanol–water partition coefficient (Wildman–Crippen LogP) is 3.83. The van der Waals surface area contributed by atoms with Crippen LogP contribution in [0.4, 0.5) is 5.13 Å². The Morgan fingerprint density at radius 3 is 3.00 bits per heavy atom. The minimum absolute atomic E-state index is 0.00556. The first kappa shape index (κ1) is 16.7. The normalized spacial score (nSPS) is 19.7. The number of H-pyrrole nitrogens is 1. The summed E-state index contributed by atoms with van der Waals surface area (Å²) < 4.78 is 0.898. The second kappa shape index (κ2) is 6.61. The summed E-state index contributed by atoms with van der Waals surface area (Å²) in [5, 5.41) is 13.4. The van der Waals surface area contributed by atoms with Crippen LogP contribution >= 0.6 is 34.4 Å². The lowest BCUT2D eigenvalue weighted by atomic mass is 9.89. The monoisotopic (exact) mass is 405 g/mol. The maximum absolute atomic E-state index is 12.6. The van der Waals surface area contributed by atoms with E-state index < -0.39 is 0 Å². The smallest absolute Gasteiger partial charge is 0.259 e. The molecule has 0 radical (unpaired) electrons. The molecule has 2 aliphatic rings. The van der Waals surface area contributed by atoms with Crippen LogP contribution in [0.25, 0.3) is 10.2 Å². The molecule has 26 heavy (non-hydrogen) atoms. The van der Waals surface area contributed by atoms with Gasteiger partial charge in [-0.25, -0.2) is 4.98 Å². The molecule has 5 rings (SSSR count). The molecule has 0 amide bonds. The first-order valence-corrected chi connectivity index (χ1v) is 11.5. The highest BCUT2D eigenvalue weighted by Gasteiger charge is 2.24. The van der Waals surface area contributed by atoms with Gasteiger partial charge in [-0.3, -0.25) is 4.79 Å². The molecule has 2 N–H and O–H groups in total. The SMILES string of the molecule is C[C@@H]1CCc2c(sc3nc(CSc4nnc(NC5CC5)s4)[nH]c(=O)c23)C1. The number of thioether (sulfide) groups is 1. The first-order valence-electron chi connectivity index (χ1n) is 8.92. The highest BCUT2D eigenvalue weighted by Crippen LogP contribution is 2.36. The van der Waals surface area contributed by atoms with Gasteiger partial charge < -0.3 is 10.3 Å². The molecule has 0 spiro atoms. The summed E-state index contributed by atoms with van der Waals surface area (Å²) in [6.07, 6.45) is 5.66. The van der Waals surface area contributed by atoms with E-state index in [2.05, 4.69) is 27.4 Å². The van der Waals surface area contributed by atoms with E-state index in [1.807, 2.05) is 0 Å². The number of aromatic amines is 1. The zero-order chi connectivity index (χ0) is 17.7. The number of rotatable bonds is 5. The fraction of sp³-hybridized carbons (Fsp3) is 0.529. The molecule has 3 aromatic rings. The number of fused-ring (bicyclic) bond motifs is 3. The van der Waals surface area contributed by atoms with Crippen molar-refractivity contribution in [2.45, 2.75) is 55.2 Å². The van der Waals surface area contributed by atoms with Crippen LogP contribution in [-0.4, -0.2) is 26.2 Å². The lowest BCUT2D eigenvalue weighted by Crippen LogP contribution is -2.14. The maximum atomic E-state index is 12.6. The number of nitrogens with zero attached hydrogens (tertiary/aromatic N) is 3. The van der Waals surface area contributed by atoms with Crippen LogP contribution < -0.4 is 10.9 Å². The van der Waals surface area contributed by atoms with Crippen LogP contribution in [0.2, 0.25) is 0 Å². The Bertz CT molecular complexity index is 1020. The van der Waals surface area contributed by atoms with Crippen molar-refractivity contribution in [1.29, 1.82) is 0 Å². The molecule has 9 heteroatoms. The summed E-state index contributed by atoms with van der Waals surface area (Å²) in [6.45, 7) is 2.28. The Morgan fingerprint density at radius 1 is 1.27 bits per heavy atom. The van der Waals surface area contributed by atoms with Gasteiger partial charge in [0.05, 0.1) is 11.1 Å². The van der Waals surface area contributed by atoms with Crippen LogP contribution in [0.5, 0.6) is 0 Å². The molecule has 2 aliphatic carbocycles. The van der Waals surface area contributed by atoms with Crippen molar-refractivity contribution in [3.8, 4) is 0 Å². The molecule has 1 atom stereocenters. The predicted molar refractivity (Wildman–Crippen MR) is 108 cm³/mol. The lowest BCUT2D eigenvalue weighted by Gasteiger charge is -2.17. The largest absolute Gasteiger partial charge is 0.357 e. The number of hydrogen-bond donors (Lipinski definition) is 2. The standard InChI is InChI=1S/C17H19N5OS3/c1-8-2-5-10-11(6-8)25-15-13(10)14(23)19-12(20-15)7-24-17-22-21-16(26-17)18-9-3-4-9/h8-9H,2-7H2,1H3,(H,18,21)(H,19,20,23)/t8-/m1/s1. The van der Waals surface area contributed by atoms with Crippen LogP contribution in [0.1, 0.15) is 42.5 Å². The number of aromatic nitrogens is 4. The van der Waals surface area contributed by atoms with Crippen molar-refractivity contribution >= 4 is 49.8 Å². The Hall–Kier alpha value is -1.45. The molecule has 0 aliphatic heterocycles. The van der Waals surface area contributed by atoms with Crippen LogP contribution in [0, 0.1) is 5.92 Å². The van der Waals surface area contributed by atoms with E-state index >= 15 is 0 Å². The van der Waals surface area contributed by atoms with E-state index in [0.29, 0.717) is 23.5 Å². The molecular weight excluding hydrogens is 386 g/mol. The van der Waals surface area contributed by atoms with Crippen LogP contribution in [0.15, 0.2) is 9.13 Å². The number of nitrogens with one attached hydrogen (secondary N) is 2. The molecule has 0 saturated heterocycles. The first-order chi connectivity index (χ1) is 12.7. The quantitative estimate of drug-likeness (QED) is 0.628. The van der Waals surface area contributed by atoms with Gasteiger partial charge in [-0.05, 0) is 43.6 Å². The lowest BCUT2D eigenvalue weighted by molar-refractivity contribution is 0.509. The Labute approximate surface area is 162 Å². The molecule has 0 unspecified atom stereocenters. The summed E-state index contributed by atoms with van der Waals surface area (Å²) in [6, 6.07) is 0.578. The minimum Gasteiger partial charge on any atom is -0.357 e. The summed E-state index contributed by atoms with van der Waals surface area (Å²) >= 11 is 4.83. The zero-order valence-corrected chi connectivity index (χ0v) is 16.8. The van der Waals surface area contributed by atoms with Gasteiger partial charge in [0.1, 0.15) is 10.7 Å². The van der Waals surface area contributed by atoms with Gasteiger partial charge in [-0.15, -0.1) is 21.5 Å². The molecule has 3 aromatic heterocycles. The van der Waals surface area contributed by atoms with Crippen molar-refractivity contribution in [2.75, 3.05) is 5.32 Å². The highest BCUT2D eigenvalue weighted by atomic mass is 32.2. The summed E-state index contributed by atoms with van der Waals surface area (Å²) in [4.78, 5) is 22.6. The Balaban J connectivity index is 1.36. The van der Waals surface area contributed by atoms with Gasteiger partial charge in [-0.1, -0.05) is 30.0 Å². The number of hydrogen-bond acceptors (Lipinski definition) is 8. The van der Waals surface area contributed by atoms with Crippen LogP contribution in [-0.2, 0) is 18.6 Å². The third-order valence-electron chi connectivity index (χ3n) is 4.86. The van der Waals surface area contributed by atoms with E-state index in [0.717, 1.165) is 39.0 Å². The molecule has 6 nitrogen and oxygen atoms in total.